The number of hydrogen-bond acceptors (Lipinski definition) is 4. The highest BCUT2D eigenvalue weighted by Gasteiger charge is 2.26. The molecule has 4 rings (SSSR count). The highest BCUT2D eigenvalue weighted by atomic mass is 35.5. The van der Waals surface area contributed by atoms with E-state index in [1.54, 1.807) is 16.7 Å². The number of hydrogen-bond donors (Lipinski definition) is 3. The summed E-state index contributed by atoms with van der Waals surface area (Å²) in [6.07, 6.45) is 3.80. The van der Waals surface area contributed by atoms with Crippen LogP contribution in [0.15, 0.2) is 23.0 Å². The SMILES string of the molecule is O=C(O)N1CCC(CNN2C=c3c([nH]c(=O)n3Cc3cccc(Cl)c3Cl)=CC2)C1. The third-order valence-corrected chi connectivity index (χ3v) is 6.18. The third kappa shape index (κ3) is 4.14. The van der Waals surface area contributed by atoms with Crippen LogP contribution in [0.25, 0.3) is 12.3 Å². The Bertz CT molecular complexity index is 1110. The van der Waals surface area contributed by atoms with Crippen LogP contribution in [0.1, 0.15) is 12.0 Å². The Morgan fingerprint density at radius 2 is 2.17 bits per heavy atom. The lowest BCUT2D eigenvalue weighted by Gasteiger charge is -2.23. The Kier molecular flexibility index (Phi) is 5.58. The molecule has 2 aromatic rings. The molecule has 1 aromatic carbocycles. The molecule has 1 fully saturated rings. The molecule has 1 unspecified atom stereocenters. The molecule has 1 atom stereocenters. The van der Waals surface area contributed by atoms with Crippen LogP contribution in [0.3, 0.4) is 0 Å². The van der Waals surface area contributed by atoms with Gasteiger partial charge in [-0.25, -0.2) is 15.0 Å². The Hall–Kier alpha value is -2.42. The number of rotatable bonds is 5. The first-order valence-electron chi connectivity index (χ1n) is 9.34. The van der Waals surface area contributed by atoms with Gasteiger partial charge in [-0.3, -0.25) is 4.57 Å². The maximum absolute atomic E-state index is 12.5. The number of carbonyl (C=O) groups is 1. The minimum Gasteiger partial charge on any atom is -0.465 e. The summed E-state index contributed by atoms with van der Waals surface area (Å²) in [6, 6.07) is 5.36. The second kappa shape index (κ2) is 8.14. The number of carboxylic acid groups (broad SMARTS) is 1. The van der Waals surface area contributed by atoms with Crippen molar-refractivity contribution >= 4 is 41.6 Å². The van der Waals surface area contributed by atoms with E-state index in [4.69, 9.17) is 28.3 Å². The standard InChI is InChI=1S/C19H21Cl2N5O3/c20-14-3-1-2-13(17(14)21)10-26-16-11-25(7-5-15(16)23-18(26)27)22-8-12-4-6-24(9-12)19(28)29/h1-3,5,11-12,22H,4,6-10H2,(H,23,27)(H,28,29). The van der Waals surface area contributed by atoms with Gasteiger partial charge in [-0.1, -0.05) is 35.3 Å². The number of H-pyrrole nitrogens is 1. The molecule has 0 radical (unpaired) electrons. The Balaban J connectivity index is 1.51. The van der Waals surface area contributed by atoms with Crippen LogP contribution in [0.2, 0.25) is 10.0 Å². The number of likely N-dealkylation sites (tertiary alicyclic amines) is 1. The summed E-state index contributed by atoms with van der Waals surface area (Å²) in [4.78, 5) is 27.8. The number of amides is 1. The molecule has 1 aromatic heterocycles. The van der Waals surface area contributed by atoms with Crippen molar-refractivity contribution in [3.05, 3.63) is 55.0 Å². The predicted octanol–water partition coefficient (Wildman–Crippen LogP) is 0.870. The Labute approximate surface area is 176 Å². The molecule has 0 aliphatic carbocycles. The van der Waals surface area contributed by atoms with Crippen molar-refractivity contribution in [1.82, 2.24) is 24.9 Å². The topological polar surface area (TPSA) is 93.6 Å². The number of aromatic nitrogens is 2. The molecule has 29 heavy (non-hydrogen) atoms. The normalized spacial score (nSPS) is 18.3. The number of aromatic amines is 1. The second-order valence-corrected chi connectivity index (χ2v) is 8.04. The molecular weight excluding hydrogens is 417 g/mol. The molecule has 3 heterocycles. The van der Waals surface area contributed by atoms with Gasteiger partial charge in [0.25, 0.3) is 0 Å². The molecule has 1 saturated heterocycles. The Morgan fingerprint density at radius 3 is 2.93 bits per heavy atom. The third-order valence-electron chi connectivity index (χ3n) is 5.32. The number of nitrogens with one attached hydrogen (secondary N) is 2. The quantitative estimate of drug-likeness (QED) is 0.645. The van der Waals surface area contributed by atoms with Gasteiger partial charge in [-0.15, -0.1) is 0 Å². The zero-order chi connectivity index (χ0) is 20.5. The summed E-state index contributed by atoms with van der Waals surface area (Å²) in [5.74, 6) is 0.264. The maximum Gasteiger partial charge on any atom is 0.407 e. The molecule has 154 valence electrons. The lowest BCUT2D eigenvalue weighted by molar-refractivity contribution is 0.153. The van der Waals surface area contributed by atoms with E-state index in [0.29, 0.717) is 42.8 Å². The van der Waals surface area contributed by atoms with Crippen LogP contribution < -0.4 is 21.8 Å². The summed E-state index contributed by atoms with van der Waals surface area (Å²) >= 11 is 12.4. The fourth-order valence-corrected chi connectivity index (χ4v) is 4.09. The smallest absolute Gasteiger partial charge is 0.407 e. The average molecular weight is 438 g/mol. The van der Waals surface area contributed by atoms with Crippen LogP contribution in [0, 0.1) is 5.92 Å². The monoisotopic (exact) mass is 437 g/mol. The van der Waals surface area contributed by atoms with Gasteiger partial charge in [0, 0.05) is 25.8 Å². The molecule has 2 aliphatic rings. The summed E-state index contributed by atoms with van der Waals surface area (Å²) < 4.78 is 1.62. The molecule has 0 saturated carbocycles. The number of hydrazine groups is 1. The van der Waals surface area contributed by atoms with Gasteiger partial charge in [-0.2, -0.15) is 0 Å². The van der Waals surface area contributed by atoms with Crippen molar-refractivity contribution in [3.8, 4) is 0 Å². The fraction of sp³-hybridized carbons (Fsp3) is 0.368. The number of imidazole rings is 1. The molecule has 0 bridgehead atoms. The van der Waals surface area contributed by atoms with Crippen molar-refractivity contribution in [2.24, 2.45) is 5.92 Å². The van der Waals surface area contributed by atoms with Crippen LogP contribution in [0.5, 0.6) is 0 Å². The van der Waals surface area contributed by atoms with E-state index < -0.39 is 6.09 Å². The lowest BCUT2D eigenvalue weighted by atomic mass is 10.1. The van der Waals surface area contributed by atoms with Crippen molar-refractivity contribution < 1.29 is 9.90 Å². The zero-order valence-electron chi connectivity index (χ0n) is 15.6. The lowest BCUT2D eigenvalue weighted by Crippen LogP contribution is -2.46. The van der Waals surface area contributed by atoms with Gasteiger partial charge in [-0.05, 0) is 30.0 Å². The first-order chi connectivity index (χ1) is 13.9. The minimum atomic E-state index is -0.869. The molecular formula is C19H21Cl2N5O3. The largest absolute Gasteiger partial charge is 0.465 e. The Morgan fingerprint density at radius 1 is 1.34 bits per heavy atom. The number of benzene rings is 1. The van der Waals surface area contributed by atoms with Crippen molar-refractivity contribution in [2.45, 2.75) is 13.0 Å². The number of halogens is 2. The molecule has 1 amide bonds. The van der Waals surface area contributed by atoms with Crippen LogP contribution in [0.4, 0.5) is 4.79 Å². The van der Waals surface area contributed by atoms with E-state index >= 15 is 0 Å². The van der Waals surface area contributed by atoms with Gasteiger partial charge in [0.05, 0.1) is 33.8 Å². The van der Waals surface area contributed by atoms with E-state index in [9.17, 15) is 9.59 Å². The maximum atomic E-state index is 12.5. The van der Waals surface area contributed by atoms with E-state index in [1.165, 1.54) is 4.90 Å². The van der Waals surface area contributed by atoms with E-state index in [1.807, 2.05) is 23.4 Å². The van der Waals surface area contributed by atoms with Gasteiger partial charge < -0.3 is 20.0 Å². The first kappa shape index (κ1) is 19.9. The van der Waals surface area contributed by atoms with Crippen molar-refractivity contribution in [3.63, 3.8) is 0 Å². The van der Waals surface area contributed by atoms with E-state index in [0.717, 1.165) is 22.7 Å². The van der Waals surface area contributed by atoms with E-state index in [-0.39, 0.29) is 11.6 Å². The summed E-state index contributed by atoms with van der Waals surface area (Å²) in [5, 5.41) is 13.4. The van der Waals surface area contributed by atoms with Crippen LogP contribution in [-0.4, -0.2) is 56.8 Å². The van der Waals surface area contributed by atoms with Gasteiger partial charge in [0.15, 0.2) is 0 Å². The summed E-state index contributed by atoms with van der Waals surface area (Å²) in [5.41, 5.74) is 3.89. The van der Waals surface area contributed by atoms with Crippen molar-refractivity contribution in [2.75, 3.05) is 26.2 Å². The predicted molar refractivity (Wildman–Crippen MR) is 111 cm³/mol. The van der Waals surface area contributed by atoms with Crippen LogP contribution >= 0.6 is 23.2 Å². The fourth-order valence-electron chi connectivity index (χ4n) is 3.71. The van der Waals surface area contributed by atoms with Crippen molar-refractivity contribution in [1.29, 1.82) is 0 Å². The second-order valence-electron chi connectivity index (χ2n) is 7.26. The zero-order valence-corrected chi connectivity index (χ0v) is 17.1. The molecule has 2 aliphatic heterocycles. The summed E-state index contributed by atoms with van der Waals surface area (Å²) in [6.45, 7) is 2.67. The first-order valence-corrected chi connectivity index (χ1v) is 10.1. The number of nitrogens with zero attached hydrogens (tertiary/aromatic N) is 3. The van der Waals surface area contributed by atoms with E-state index in [2.05, 4.69) is 10.4 Å². The van der Waals surface area contributed by atoms with Gasteiger partial charge in [0.2, 0.25) is 0 Å². The van der Waals surface area contributed by atoms with Gasteiger partial charge >= 0.3 is 11.8 Å². The highest BCUT2D eigenvalue weighted by Crippen LogP contribution is 2.25. The molecule has 10 heteroatoms. The minimum absolute atomic E-state index is 0.215. The molecule has 0 spiro atoms. The summed E-state index contributed by atoms with van der Waals surface area (Å²) in [7, 11) is 0. The number of fused-ring (bicyclic) bond motifs is 1. The molecule has 8 nitrogen and oxygen atoms in total. The highest BCUT2D eigenvalue weighted by molar-refractivity contribution is 6.42. The van der Waals surface area contributed by atoms with Crippen LogP contribution in [-0.2, 0) is 6.54 Å². The van der Waals surface area contributed by atoms with Gasteiger partial charge in [0.1, 0.15) is 0 Å². The molecule has 3 N–H and O–H groups in total. The average Bonchev–Trinajstić information content (AvgIpc) is 3.29.